The molecule has 0 aliphatic rings. The Kier molecular flexibility index (Phi) is 5.81. The first-order valence-corrected chi connectivity index (χ1v) is 9.51. The Morgan fingerprint density at radius 2 is 1.86 bits per heavy atom. The molecule has 0 aliphatic heterocycles. The van der Waals surface area contributed by atoms with E-state index in [9.17, 15) is 13.2 Å². The molecule has 7 heteroatoms. The van der Waals surface area contributed by atoms with E-state index in [1.807, 2.05) is 13.8 Å². The predicted octanol–water partition coefficient (Wildman–Crippen LogP) is 3.03. The summed E-state index contributed by atoms with van der Waals surface area (Å²) >= 11 is 1.14. The van der Waals surface area contributed by atoms with Crippen LogP contribution in [0.5, 0.6) is 0 Å². The summed E-state index contributed by atoms with van der Waals surface area (Å²) in [6.45, 7) is 9.80. The van der Waals surface area contributed by atoms with Gasteiger partial charge in [-0.1, -0.05) is 34.6 Å². The second-order valence-electron chi connectivity index (χ2n) is 5.70. The highest BCUT2D eigenvalue weighted by Crippen LogP contribution is 2.40. The lowest BCUT2D eigenvalue weighted by Crippen LogP contribution is -2.13. The molecule has 0 atom stereocenters. The van der Waals surface area contributed by atoms with Crippen molar-refractivity contribution in [3.63, 3.8) is 0 Å². The van der Waals surface area contributed by atoms with Gasteiger partial charge in [0.15, 0.2) is 15.6 Å². The van der Waals surface area contributed by atoms with Crippen LogP contribution in [0.25, 0.3) is 0 Å². The van der Waals surface area contributed by atoms with Gasteiger partial charge in [-0.25, -0.2) is 8.42 Å². The molecule has 0 saturated heterocycles. The summed E-state index contributed by atoms with van der Waals surface area (Å²) < 4.78 is 24.5. The molecule has 0 aliphatic carbocycles. The monoisotopic (exact) mass is 332 g/mol. The number of thiophene rings is 1. The summed E-state index contributed by atoms with van der Waals surface area (Å²) in [4.78, 5) is 12.6. The molecule has 0 aromatic carbocycles. The van der Waals surface area contributed by atoms with E-state index in [4.69, 9.17) is 5.73 Å². The molecule has 3 N–H and O–H groups in total. The zero-order valence-corrected chi connectivity index (χ0v) is 14.8. The first-order chi connectivity index (χ1) is 9.61. The number of hydrogen-bond acceptors (Lipinski definition) is 6. The standard InChI is InChI=1S/C14H24N2O3S2/c1-6-21(18,19)13-10(15)12(11(17)9(4)5)20-14(13)16-7-8(2)3/h8-9,16H,6-7,15H2,1-5H3. The number of Topliss-reactive ketones (excluding diaryl/α,β-unsaturated/α-hetero) is 1. The third-order valence-electron chi connectivity index (χ3n) is 3.01. The third-order valence-corrected chi connectivity index (χ3v) is 6.12. The highest BCUT2D eigenvalue weighted by atomic mass is 32.2. The van der Waals surface area contributed by atoms with E-state index in [1.165, 1.54) is 0 Å². The second-order valence-corrected chi connectivity index (χ2v) is 8.94. The molecule has 0 spiro atoms. The summed E-state index contributed by atoms with van der Waals surface area (Å²) in [7, 11) is -3.48. The largest absolute Gasteiger partial charge is 0.396 e. The summed E-state index contributed by atoms with van der Waals surface area (Å²) in [5.74, 6) is -0.0296. The van der Waals surface area contributed by atoms with Crippen molar-refractivity contribution in [2.45, 2.75) is 39.5 Å². The van der Waals surface area contributed by atoms with Crippen molar-refractivity contribution in [1.29, 1.82) is 0 Å². The van der Waals surface area contributed by atoms with Crippen molar-refractivity contribution >= 4 is 37.6 Å². The molecule has 0 saturated carbocycles. The number of nitrogen functional groups attached to an aromatic ring is 1. The van der Waals surface area contributed by atoms with Crippen molar-refractivity contribution in [3.8, 4) is 0 Å². The summed E-state index contributed by atoms with van der Waals surface area (Å²) in [6.07, 6.45) is 0. The number of anilines is 2. The first kappa shape index (κ1) is 18.0. The molecule has 1 aromatic rings. The lowest BCUT2D eigenvalue weighted by molar-refractivity contribution is 0.0944. The fourth-order valence-electron chi connectivity index (χ4n) is 1.74. The lowest BCUT2D eigenvalue weighted by Gasteiger charge is -2.09. The molecule has 5 nitrogen and oxygen atoms in total. The molecular formula is C14H24N2O3S2. The number of rotatable bonds is 7. The second kappa shape index (κ2) is 6.79. The molecule has 1 rings (SSSR count). The normalized spacial score (nSPS) is 12.1. The fraction of sp³-hybridized carbons (Fsp3) is 0.643. The van der Waals surface area contributed by atoms with Crippen LogP contribution in [0.2, 0.25) is 0 Å². The van der Waals surface area contributed by atoms with Gasteiger partial charge in [0.2, 0.25) is 0 Å². The van der Waals surface area contributed by atoms with Crippen LogP contribution in [0.4, 0.5) is 10.7 Å². The van der Waals surface area contributed by atoms with Crippen molar-refractivity contribution in [2.75, 3.05) is 23.3 Å². The van der Waals surface area contributed by atoms with Crippen molar-refractivity contribution in [1.82, 2.24) is 0 Å². The molecule has 0 fully saturated rings. The number of ketones is 1. The summed E-state index contributed by atoms with van der Waals surface area (Å²) in [5.41, 5.74) is 6.07. The van der Waals surface area contributed by atoms with Crippen molar-refractivity contribution < 1.29 is 13.2 Å². The number of carbonyl (C=O) groups is 1. The van der Waals surface area contributed by atoms with Gasteiger partial charge in [-0.3, -0.25) is 4.79 Å². The van der Waals surface area contributed by atoms with Crippen LogP contribution in [-0.4, -0.2) is 26.5 Å². The van der Waals surface area contributed by atoms with Gasteiger partial charge in [-0.15, -0.1) is 11.3 Å². The quantitative estimate of drug-likeness (QED) is 0.749. The van der Waals surface area contributed by atoms with Crippen LogP contribution in [0.3, 0.4) is 0 Å². The van der Waals surface area contributed by atoms with Gasteiger partial charge < -0.3 is 11.1 Å². The van der Waals surface area contributed by atoms with Crippen LogP contribution in [0.1, 0.15) is 44.3 Å². The number of nitrogens with two attached hydrogens (primary N) is 1. The Hall–Kier alpha value is -1.08. The van der Waals surface area contributed by atoms with E-state index < -0.39 is 9.84 Å². The fourth-order valence-corrected chi connectivity index (χ4v) is 4.50. The van der Waals surface area contributed by atoms with E-state index in [-0.39, 0.29) is 28.0 Å². The van der Waals surface area contributed by atoms with Crippen LogP contribution >= 0.6 is 11.3 Å². The topological polar surface area (TPSA) is 89.3 Å². The molecule has 1 aromatic heterocycles. The highest BCUT2D eigenvalue weighted by Gasteiger charge is 2.29. The van der Waals surface area contributed by atoms with E-state index in [0.717, 1.165) is 11.3 Å². The van der Waals surface area contributed by atoms with E-state index in [2.05, 4.69) is 5.32 Å². The maximum absolute atomic E-state index is 12.3. The van der Waals surface area contributed by atoms with Gasteiger partial charge in [-0.05, 0) is 5.92 Å². The van der Waals surface area contributed by atoms with Gasteiger partial charge in [0.25, 0.3) is 0 Å². The number of sulfone groups is 1. The van der Waals surface area contributed by atoms with Crippen LogP contribution in [0, 0.1) is 11.8 Å². The maximum Gasteiger partial charge on any atom is 0.183 e. The smallest absolute Gasteiger partial charge is 0.183 e. The molecule has 21 heavy (non-hydrogen) atoms. The zero-order valence-electron chi connectivity index (χ0n) is 13.2. The summed E-state index contributed by atoms with van der Waals surface area (Å²) in [5, 5.41) is 3.59. The van der Waals surface area contributed by atoms with Gasteiger partial charge in [-0.2, -0.15) is 0 Å². The number of hydrogen-bond donors (Lipinski definition) is 2. The van der Waals surface area contributed by atoms with Gasteiger partial charge in [0, 0.05) is 12.5 Å². The molecule has 0 radical (unpaired) electrons. The first-order valence-electron chi connectivity index (χ1n) is 7.04. The van der Waals surface area contributed by atoms with E-state index in [1.54, 1.807) is 20.8 Å². The lowest BCUT2D eigenvalue weighted by atomic mass is 10.1. The minimum atomic E-state index is -3.48. The molecule has 1 heterocycles. The minimum absolute atomic E-state index is 0.0421. The Balaban J connectivity index is 3.41. The number of carbonyl (C=O) groups excluding carboxylic acids is 1. The highest BCUT2D eigenvalue weighted by molar-refractivity contribution is 7.91. The summed E-state index contributed by atoms with van der Waals surface area (Å²) in [6, 6.07) is 0. The Morgan fingerprint density at radius 3 is 2.29 bits per heavy atom. The van der Waals surface area contributed by atoms with Gasteiger partial charge in [0.1, 0.15) is 9.90 Å². The maximum atomic E-state index is 12.3. The average molecular weight is 332 g/mol. The minimum Gasteiger partial charge on any atom is -0.396 e. The van der Waals surface area contributed by atoms with Gasteiger partial charge in [0.05, 0.1) is 16.3 Å². The van der Waals surface area contributed by atoms with Crippen LogP contribution in [-0.2, 0) is 9.84 Å². The van der Waals surface area contributed by atoms with E-state index >= 15 is 0 Å². The molecular weight excluding hydrogens is 308 g/mol. The Morgan fingerprint density at radius 1 is 1.29 bits per heavy atom. The van der Waals surface area contributed by atoms with E-state index in [0.29, 0.717) is 22.3 Å². The van der Waals surface area contributed by atoms with Crippen molar-refractivity contribution in [3.05, 3.63) is 4.88 Å². The van der Waals surface area contributed by atoms with Gasteiger partial charge >= 0.3 is 0 Å². The molecule has 0 unspecified atom stereocenters. The SMILES string of the molecule is CCS(=O)(=O)c1c(NCC(C)C)sc(C(=O)C(C)C)c1N. The zero-order chi connectivity index (χ0) is 16.4. The molecule has 120 valence electrons. The third kappa shape index (κ3) is 3.97. The van der Waals surface area contributed by atoms with Crippen LogP contribution in [0.15, 0.2) is 4.90 Å². The average Bonchev–Trinajstić information content (AvgIpc) is 2.72. The molecule has 0 bridgehead atoms. The Labute approximate surface area is 130 Å². The number of nitrogens with one attached hydrogen (secondary N) is 1. The van der Waals surface area contributed by atoms with Crippen molar-refractivity contribution in [2.24, 2.45) is 11.8 Å². The Bertz CT molecular complexity index is 616. The molecule has 0 amide bonds. The van der Waals surface area contributed by atoms with Crippen LogP contribution < -0.4 is 11.1 Å². The predicted molar refractivity (Wildman–Crippen MR) is 89.0 cm³/mol.